The van der Waals surface area contributed by atoms with E-state index < -0.39 is 0 Å². The third-order valence-corrected chi connectivity index (χ3v) is 2.34. The number of hydrogen-bond acceptors (Lipinski definition) is 3. The Morgan fingerprint density at radius 3 is 2.53 bits per heavy atom. The molecular weight excluding hydrogens is 214 g/mol. The molecule has 86 valence electrons. The van der Waals surface area contributed by atoms with Gasteiger partial charge in [-0.3, -0.25) is 0 Å². The maximum atomic E-state index is 5.81. The summed E-state index contributed by atoms with van der Waals surface area (Å²) in [6, 6.07) is 0. The summed E-state index contributed by atoms with van der Waals surface area (Å²) in [5.74, 6) is 2.77. The molecule has 0 atom stereocenters. The van der Waals surface area contributed by atoms with Crippen molar-refractivity contribution in [3.8, 4) is 0 Å². The summed E-state index contributed by atoms with van der Waals surface area (Å²) in [5.41, 5.74) is 0. The van der Waals surface area contributed by atoms with Crippen molar-refractivity contribution in [3.05, 3.63) is 11.6 Å². The highest BCUT2D eigenvalue weighted by molar-refractivity contribution is 6.16. The molecule has 1 aromatic rings. The van der Waals surface area contributed by atoms with Gasteiger partial charge in [0.25, 0.3) is 0 Å². The van der Waals surface area contributed by atoms with Crippen LogP contribution in [0.4, 0.5) is 0 Å². The van der Waals surface area contributed by atoms with E-state index >= 15 is 0 Å². The molecule has 1 rings (SSSR count). The van der Waals surface area contributed by atoms with Gasteiger partial charge in [-0.1, -0.05) is 13.8 Å². The van der Waals surface area contributed by atoms with Crippen molar-refractivity contribution < 1.29 is 4.74 Å². The Hall–Kier alpha value is -0.610. The average molecular weight is 232 g/mol. The SMILES string of the molecule is COCCc1nnc(CCl)n1CC(C)C. The highest BCUT2D eigenvalue weighted by Crippen LogP contribution is 2.09. The predicted octanol–water partition coefficient (Wildman–Crippen LogP) is 1.86. The molecule has 0 saturated carbocycles. The predicted molar refractivity (Wildman–Crippen MR) is 60.0 cm³/mol. The minimum atomic E-state index is 0.409. The van der Waals surface area contributed by atoms with Crippen LogP contribution < -0.4 is 0 Å². The standard InChI is InChI=1S/C10H18ClN3O/c1-8(2)7-14-9(4-5-15-3)12-13-10(14)6-11/h8H,4-7H2,1-3H3. The lowest BCUT2D eigenvalue weighted by Crippen LogP contribution is -2.12. The van der Waals surface area contributed by atoms with Crippen molar-refractivity contribution in [2.75, 3.05) is 13.7 Å². The van der Waals surface area contributed by atoms with Crippen molar-refractivity contribution in [3.63, 3.8) is 0 Å². The van der Waals surface area contributed by atoms with Crippen molar-refractivity contribution in [1.82, 2.24) is 14.8 Å². The molecule has 0 saturated heterocycles. The summed E-state index contributed by atoms with van der Waals surface area (Å²) in [6.45, 7) is 5.91. The van der Waals surface area contributed by atoms with E-state index in [0.29, 0.717) is 18.4 Å². The maximum Gasteiger partial charge on any atom is 0.147 e. The minimum Gasteiger partial charge on any atom is -0.384 e. The molecule has 0 N–H and O–H groups in total. The lowest BCUT2D eigenvalue weighted by molar-refractivity contribution is 0.199. The highest BCUT2D eigenvalue weighted by Gasteiger charge is 2.11. The Balaban J connectivity index is 2.80. The first kappa shape index (κ1) is 12.5. The Morgan fingerprint density at radius 2 is 2.00 bits per heavy atom. The first-order valence-corrected chi connectivity index (χ1v) is 5.68. The monoisotopic (exact) mass is 231 g/mol. The van der Waals surface area contributed by atoms with E-state index in [4.69, 9.17) is 16.3 Å². The Morgan fingerprint density at radius 1 is 1.33 bits per heavy atom. The zero-order valence-electron chi connectivity index (χ0n) is 9.53. The van der Waals surface area contributed by atoms with E-state index in [1.165, 1.54) is 0 Å². The fourth-order valence-electron chi connectivity index (χ4n) is 1.43. The second kappa shape index (κ2) is 6.08. The van der Waals surface area contributed by atoms with Crippen LogP contribution in [0.15, 0.2) is 0 Å². The van der Waals surface area contributed by atoms with Crippen molar-refractivity contribution in [1.29, 1.82) is 0 Å². The van der Waals surface area contributed by atoms with Gasteiger partial charge in [-0.25, -0.2) is 0 Å². The van der Waals surface area contributed by atoms with E-state index in [1.807, 2.05) is 0 Å². The van der Waals surface area contributed by atoms with Crippen LogP contribution in [0.2, 0.25) is 0 Å². The summed E-state index contributed by atoms with van der Waals surface area (Å²) in [6.07, 6.45) is 0.785. The first-order chi connectivity index (χ1) is 7.19. The molecule has 0 aliphatic heterocycles. The van der Waals surface area contributed by atoms with E-state index in [1.54, 1.807) is 7.11 Å². The summed E-state index contributed by atoms with van der Waals surface area (Å²) < 4.78 is 7.13. The molecule has 0 unspecified atom stereocenters. The molecule has 0 radical (unpaired) electrons. The fourth-order valence-corrected chi connectivity index (χ4v) is 1.62. The van der Waals surface area contributed by atoms with Crippen LogP contribution in [0.3, 0.4) is 0 Å². The molecule has 1 aromatic heterocycles. The van der Waals surface area contributed by atoms with Gasteiger partial charge in [0.1, 0.15) is 11.6 Å². The molecular formula is C10H18ClN3O. The smallest absolute Gasteiger partial charge is 0.147 e. The molecule has 4 nitrogen and oxygen atoms in total. The van der Waals surface area contributed by atoms with Gasteiger partial charge in [0.15, 0.2) is 0 Å². The third-order valence-electron chi connectivity index (χ3n) is 2.10. The second-order valence-electron chi connectivity index (χ2n) is 3.91. The number of ether oxygens (including phenoxy) is 1. The van der Waals surface area contributed by atoms with Gasteiger partial charge in [0.05, 0.1) is 12.5 Å². The number of aromatic nitrogens is 3. The number of halogens is 1. The van der Waals surface area contributed by atoms with E-state index in [9.17, 15) is 0 Å². The molecule has 0 aliphatic rings. The molecule has 15 heavy (non-hydrogen) atoms. The van der Waals surface area contributed by atoms with Crippen LogP contribution in [0.5, 0.6) is 0 Å². The maximum absolute atomic E-state index is 5.81. The molecule has 0 spiro atoms. The van der Waals surface area contributed by atoms with E-state index in [0.717, 1.165) is 24.6 Å². The zero-order valence-corrected chi connectivity index (χ0v) is 10.3. The zero-order chi connectivity index (χ0) is 11.3. The summed E-state index contributed by atoms with van der Waals surface area (Å²) in [4.78, 5) is 0. The Bertz CT molecular complexity index is 299. The first-order valence-electron chi connectivity index (χ1n) is 5.14. The molecule has 0 amide bonds. The van der Waals surface area contributed by atoms with Crippen LogP contribution in [0, 0.1) is 5.92 Å². The molecule has 5 heteroatoms. The quantitative estimate of drug-likeness (QED) is 0.702. The topological polar surface area (TPSA) is 39.9 Å². The molecule has 1 heterocycles. The van der Waals surface area contributed by atoms with Gasteiger partial charge in [-0.05, 0) is 5.92 Å². The van der Waals surface area contributed by atoms with Gasteiger partial charge >= 0.3 is 0 Å². The number of nitrogens with zero attached hydrogens (tertiary/aromatic N) is 3. The van der Waals surface area contributed by atoms with Crippen LogP contribution in [-0.2, 0) is 23.6 Å². The van der Waals surface area contributed by atoms with E-state index in [-0.39, 0.29) is 0 Å². The van der Waals surface area contributed by atoms with Crippen LogP contribution in [-0.4, -0.2) is 28.5 Å². The van der Waals surface area contributed by atoms with Crippen LogP contribution in [0.25, 0.3) is 0 Å². The lowest BCUT2D eigenvalue weighted by Gasteiger charge is -2.11. The van der Waals surface area contributed by atoms with Crippen molar-refractivity contribution >= 4 is 11.6 Å². The molecule has 0 fully saturated rings. The fraction of sp³-hybridized carbons (Fsp3) is 0.800. The summed E-state index contributed by atoms with van der Waals surface area (Å²) in [7, 11) is 1.69. The molecule has 0 aromatic carbocycles. The van der Waals surface area contributed by atoms with Gasteiger partial charge in [0, 0.05) is 20.1 Å². The van der Waals surface area contributed by atoms with Crippen LogP contribution >= 0.6 is 11.6 Å². The van der Waals surface area contributed by atoms with Crippen molar-refractivity contribution in [2.45, 2.75) is 32.7 Å². The summed E-state index contributed by atoms with van der Waals surface area (Å²) >= 11 is 5.81. The number of rotatable bonds is 6. The molecule has 0 bridgehead atoms. The number of methoxy groups -OCH3 is 1. The van der Waals surface area contributed by atoms with E-state index in [2.05, 4.69) is 28.6 Å². The highest BCUT2D eigenvalue weighted by atomic mass is 35.5. The van der Waals surface area contributed by atoms with Crippen LogP contribution in [0.1, 0.15) is 25.5 Å². The number of hydrogen-bond donors (Lipinski definition) is 0. The Labute approximate surface area is 95.6 Å². The summed E-state index contributed by atoms with van der Waals surface area (Å²) in [5, 5.41) is 8.19. The largest absolute Gasteiger partial charge is 0.384 e. The Kier molecular flexibility index (Phi) is 5.05. The minimum absolute atomic E-state index is 0.409. The lowest BCUT2D eigenvalue weighted by atomic mass is 10.2. The van der Waals surface area contributed by atoms with Gasteiger partial charge < -0.3 is 9.30 Å². The number of alkyl halides is 1. The van der Waals surface area contributed by atoms with Gasteiger partial charge in [0.2, 0.25) is 0 Å². The molecule has 0 aliphatic carbocycles. The third kappa shape index (κ3) is 3.47. The normalized spacial score (nSPS) is 11.3. The average Bonchev–Trinajstić information content (AvgIpc) is 2.57. The van der Waals surface area contributed by atoms with Gasteiger partial charge in [-0.2, -0.15) is 0 Å². The van der Waals surface area contributed by atoms with Gasteiger partial charge in [-0.15, -0.1) is 21.8 Å². The second-order valence-corrected chi connectivity index (χ2v) is 4.18. The van der Waals surface area contributed by atoms with Crippen molar-refractivity contribution in [2.24, 2.45) is 5.92 Å².